The Morgan fingerprint density at radius 2 is 1.86 bits per heavy atom. The van der Waals surface area contributed by atoms with Crippen molar-refractivity contribution >= 4 is 5.82 Å². The molecule has 22 heavy (non-hydrogen) atoms. The minimum Gasteiger partial charge on any atom is -0.497 e. The van der Waals surface area contributed by atoms with E-state index in [1.165, 1.54) is 0 Å². The van der Waals surface area contributed by atoms with Crippen molar-refractivity contribution in [1.82, 2.24) is 15.3 Å². The molecule has 0 spiro atoms. The number of aryl methyl sites for hydroxylation is 1. The molecule has 3 rings (SSSR count). The fourth-order valence-corrected chi connectivity index (χ4v) is 2.59. The number of anilines is 1. The minimum absolute atomic E-state index is 0.788. The lowest BCUT2D eigenvalue weighted by Crippen LogP contribution is -2.44. The van der Waals surface area contributed by atoms with E-state index in [9.17, 15) is 0 Å². The number of benzene rings is 1. The fraction of sp³-hybridized carbons (Fsp3) is 0.412. The van der Waals surface area contributed by atoms with E-state index in [0.29, 0.717) is 0 Å². The number of ether oxygens (including phenoxy) is 1. The summed E-state index contributed by atoms with van der Waals surface area (Å²) in [6.07, 6.45) is 0.908. The van der Waals surface area contributed by atoms with Crippen LogP contribution in [0.25, 0.3) is 11.4 Å². The van der Waals surface area contributed by atoms with Crippen molar-refractivity contribution < 1.29 is 4.74 Å². The maximum absolute atomic E-state index is 5.21. The maximum atomic E-state index is 5.21. The van der Waals surface area contributed by atoms with Crippen LogP contribution in [0.15, 0.2) is 30.3 Å². The van der Waals surface area contributed by atoms with Crippen LogP contribution < -0.4 is 15.0 Å². The molecule has 0 aliphatic carbocycles. The molecule has 0 unspecified atom stereocenters. The molecule has 0 bridgehead atoms. The largest absolute Gasteiger partial charge is 0.497 e. The topological polar surface area (TPSA) is 50.3 Å². The SMILES string of the molecule is CCc1cc(N2CCNCC2)nc(-c2ccc(OC)cc2)n1. The van der Waals surface area contributed by atoms with Crippen LogP contribution in [-0.2, 0) is 6.42 Å². The van der Waals surface area contributed by atoms with Crippen molar-refractivity contribution in [2.75, 3.05) is 38.2 Å². The molecular formula is C17H22N4O. The summed E-state index contributed by atoms with van der Waals surface area (Å²) in [7, 11) is 1.67. The first-order valence-electron chi connectivity index (χ1n) is 7.78. The van der Waals surface area contributed by atoms with Gasteiger partial charge in [-0.2, -0.15) is 0 Å². The van der Waals surface area contributed by atoms with Crippen molar-refractivity contribution in [2.45, 2.75) is 13.3 Å². The molecule has 1 N–H and O–H groups in total. The summed E-state index contributed by atoms with van der Waals surface area (Å²) in [4.78, 5) is 11.8. The van der Waals surface area contributed by atoms with Crippen molar-refractivity contribution in [3.05, 3.63) is 36.0 Å². The Balaban J connectivity index is 1.95. The summed E-state index contributed by atoms with van der Waals surface area (Å²) in [5.74, 6) is 2.66. The summed E-state index contributed by atoms with van der Waals surface area (Å²) in [6, 6.07) is 10.0. The van der Waals surface area contributed by atoms with Gasteiger partial charge in [-0.15, -0.1) is 0 Å². The Kier molecular flexibility index (Phi) is 4.53. The van der Waals surface area contributed by atoms with Crippen LogP contribution in [0.2, 0.25) is 0 Å². The summed E-state index contributed by atoms with van der Waals surface area (Å²) in [5.41, 5.74) is 2.10. The molecule has 2 aromatic rings. The smallest absolute Gasteiger partial charge is 0.161 e. The predicted molar refractivity (Wildman–Crippen MR) is 88.5 cm³/mol. The lowest BCUT2D eigenvalue weighted by molar-refractivity contribution is 0.415. The van der Waals surface area contributed by atoms with Gasteiger partial charge < -0.3 is 15.0 Å². The van der Waals surface area contributed by atoms with Crippen LogP contribution >= 0.6 is 0 Å². The molecule has 0 atom stereocenters. The van der Waals surface area contributed by atoms with Gasteiger partial charge in [-0.25, -0.2) is 9.97 Å². The second kappa shape index (κ2) is 6.75. The number of piperazine rings is 1. The van der Waals surface area contributed by atoms with Gasteiger partial charge in [0.1, 0.15) is 11.6 Å². The molecule has 1 saturated heterocycles. The third-order valence-corrected chi connectivity index (χ3v) is 3.92. The molecule has 0 radical (unpaired) electrons. The summed E-state index contributed by atoms with van der Waals surface area (Å²) in [5, 5.41) is 3.37. The number of nitrogens with one attached hydrogen (secondary N) is 1. The first-order valence-corrected chi connectivity index (χ1v) is 7.78. The van der Waals surface area contributed by atoms with Crippen molar-refractivity contribution in [3.8, 4) is 17.1 Å². The van der Waals surface area contributed by atoms with E-state index in [2.05, 4.69) is 28.2 Å². The highest BCUT2D eigenvalue weighted by Crippen LogP contribution is 2.23. The molecule has 1 aromatic heterocycles. The van der Waals surface area contributed by atoms with E-state index in [1.807, 2.05) is 24.3 Å². The second-order valence-electron chi connectivity index (χ2n) is 5.36. The van der Waals surface area contributed by atoms with Crippen LogP contribution in [0.1, 0.15) is 12.6 Å². The molecule has 5 nitrogen and oxygen atoms in total. The van der Waals surface area contributed by atoms with Crippen molar-refractivity contribution in [1.29, 1.82) is 0 Å². The third kappa shape index (κ3) is 3.20. The normalized spacial score (nSPS) is 14.9. The van der Waals surface area contributed by atoms with Gasteiger partial charge in [0.05, 0.1) is 7.11 Å². The number of aromatic nitrogens is 2. The van der Waals surface area contributed by atoms with Gasteiger partial charge in [-0.05, 0) is 30.7 Å². The van der Waals surface area contributed by atoms with Gasteiger partial charge in [0.15, 0.2) is 5.82 Å². The Labute approximate surface area is 131 Å². The van der Waals surface area contributed by atoms with E-state index in [0.717, 1.165) is 61.2 Å². The molecule has 2 heterocycles. The minimum atomic E-state index is 0.788. The van der Waals surface area contributed by atoms with E-state index >= 15 is 0 Å². The maximum Gasteiger partial charge on any atom is 0.161 e. The average molecular weight is 298 g/mol. The molecule has 5 heteroatoms. The zero-order valence-corrected chi connectivity index (χ0v) is 13.2. The van der Waals surface area contributed by atoms with E-state index < -0.39 is 0 Å². The van der Waals surface area contributed by atoms with Gasteiger partial charge in [-0.1, -0.05) is 6.92 Å². The molecular weight excluding hydrogens is 276 g/mol. The van der Waals surface area contributed by atoms with E-state index in [-0.39, 0.29) is 0 Å². The van der Waals surface area contributed by atoms with E-state index in [1.54, 1.807) is 7.11 Å². The monoisotopic (exact) mass is 298 g/mol. The Hall–Kier alpha value is -2.14. The lowest BCUT2D eigenvalue weighted by Gasteiger charge is -2.28. The molecule has 0 saturated carbocycles. The third-order valence-electron chi connectivity index (χ3n) is 3.92. The number of methoxy groups -OCH3 is 1. The van der Waals surface area contributed by atoms with Gasteiger partial charge in [0.2, 0.25) is 0 Å². The van der Waals surface area contributed by atoms with Crippen LogP contribution in [0.3, 0.4) is 0 Å². The van der Waals surface area contributed by atoms with E-state index in [4.69, 9.17) is 9.72 Å². The highest BCUT2D eigenvalue weighted by atomic mass is 16.5. The van der Waals surface area contributed by atoms with Crippen LogP contribution in [-0.4, -0.2) is 43.3 Å². The Morgan fingerprint density at radius 3 is 2.50 bits per heavy atom. The molecule has 1 aromatic carbocycles. The zero-order chi connectivity index (χ0) is 15.4. The number of hydrogen-bond acceptors (Lipinski definition) is 5. The standard InChI is InChI=1S/C17H22N4O/c1-3-14-12-16(21-10-8-18-9-11-21)20-17(19-14)13-4-6-15(22-2)7-5-13/h4-7,12,18H,3,8-11H2,1-2H3. The zero-order valence-electron chi connectivity index (χ0n) is 13.2. The average Bonchev–Trinajstić information content (AvgIpc) is 2.62. The van der Waals surface area contributed by atoms with Gasteiger partial charge in [0, 0.05) is 43.5 Å². The molecule has 1 aliphatic heterocycles. The summed E-state index contributed by atoms with van der Waals surface area (Å²) in [6.45, 7) is 6.11. The van der Waals surface area contributed by atoms with Gasteiger partial charge in [0.25, 0.3) is 0 Å². The quantitative estimate of drug-likeness (QED) is 0.937. The fourth-order valence-electron chi connectivity index (χ4n) is 2.59. The number of nitrogens with zero attached hydrogens (tertiary/aromatic N) is 3. The summed E-state index contributed by atoms with van der Waals surface area (Å²) < 4.78 is 5.21. The first-order chi connectivity index (χ1) is 10.8. The number of hydrogen-bond donors (Lipinski definition) is 1. The predicted octanol–water partition coefficient (Wildman–Crippen LogP) is 2.12. The van der Waals surface area contributed by atoms with Crippen LogP contribution in [0.4, 0.5) is 5.82 Å². The molecule has 0 amide bonds. The Bertz CT molecular complexity index is 621. The second-order valence-corrected chi connectivity index (χ2v) is 5.36. The van der Waals surface area contributed by atoms with Crippen molar-refractivity contribution in [3.63, 3.8) is 0 Å². The number of rotatable bonds is 4. The molecule has 1 fully saturated rings. The lowest BCUT2D eigenvalue weighted by atomic mass is 10.2. The Morgan fingerprint density at radius 1 is 1.14 bits per heavy atom. The van der Waals surface area contributed by atoms with Crippen molar-refractivity contribution in [2.24, 2.45) is 0 Å². The van der Waals surface area contributed by atoms with Gasteiger partial charge in [-0.3, -0.25) is 0 Å². The first kappa shape index (κ1) is 14.8. The van der Waals surface area contributed by atoms with Gasteiger partial charge >= 0.3 is 0 Å². The molecule has 116 valence electrons. The highest BCUT2D eigenvalue weighted by molar-refractivity contribution is 5.59. The molecule has 1 aliphatic rings. The van der Waals surface area contributed by atoms with Crippen LogP contribution in [0.5, 0.6) is 5.75 Å². The summed E-state index contributed by atoms with van der Waals surface area (Å²) >= 11 is 0. The highest BCUT2D eigenvalue weighted by Gasteiger charge is 2.14. The van der Waals surface area contributed by atoms with Crippen LogP contribution in [0, 0.1) is 0 Å².